The van der Waals surface area contributed by atoms with Crippen LogP contribution in [0.1, 0.15) is 137 Å². The van der Waals surface area contributed by atoms with Gasteiger partial charge in [-0.15, -0.1) is 0 Å². The third kappa shape index (κ3) is 23.1. The first kappa shape index (κ1) is 27.9. The van der Waals surface area contributed by atoms with E-state index in [1.54, 1.807) is 0 Å². The molecule has 0 fully saturated rings. The van der Waals surface area contributed by atoms with E-state index in [-0.39, 0.29) is 24.1 Å². The van der Waals surface area contributed by atoms with Gasteiger partial charge in [0.2, 0.25) is 0 Å². The van der Waals surface area contributed by atoms with E-state index in [0.29, 0.717) is 12.8 Å². The van der Waals surface area contributed by atoms with Gasteiger partial charge in [0.15, 0.2) is 0 Å². The van der Waals surface area contributed by atoms with Gasteiger partial charge in [-0.1, -0.05) is 83.5 Å². The van der Waals surface area contributed by atoms with E-state index >= 15 is 0 Å². The van der Waals surface area contributed by atoms with Crippen LogP contribution in [0.5, 0.6) is 0 Å². The van der Waals surface area contributed by atoms with Gasteiger partial charge in [-0.25, -0.2) is 0 Å². The van der Waals surface area contributed by atoms with E-state index in [2.05, 4.69) is 0 Å². The SMILES string of the molecule is CC(C)OC(=O)CCCCCCCCCCCCCCCCCC(=O)OC(C)C. The maximum atomic E-state index is 11.4. The predicted octanol–water partition coefficient (Wildman–Crippen LogP) is 7.52. The largest absolute Gasteiger partial charge is 0.463 e. The van der Waals surface area contributed by atoms with Gasteiger partial charge in [-0.05, 0) is 40.5 Å². The Labute approximate surface area is 180 Å². The highest BCUT2D eigenvalue weighted by atomic mass is 16.5. The van der Waals surface area contributed by atoms with Crippen molar-refractivity contribution in [3.8, 4) is 0 Å². The van der Waals surface area contributed by atoms with Crippen LogP contribution in [0.4, 0.5) is 0 Å². The highest BCUT2D eigenvalue weighted by Crippen LogP contribution is 2.14. The third-order valence-electron chi connectivity index (χ3n) is 5.00. The molecule has 0 unspecified atom stereocenters. The monoisotopic (exact) mass is 412 g/mol. The summed E-state index contributed by atoms with van der Waals surface area (Å²) in [5.74, 6) is -0.0994. The number of carbonyl (C=O) groups excluding carboxylic acids is 2. The molecule has 0 saturated heterocycles. The molecule has 4 nitrogen and oxygen atoms in total. The van der Waals surface area contributed by atoms with Gasteiger partial charge in [-0.2, -0.15) is 0 Å². The lowest BCUT2D eigenvalue weighted by molar-refractivity contribution is -0.148. The second-order valence-corrected chi connectivity index (χ2v) is 8.88. The number of hydrogen-bond donors (Lipinski definition) is 0. The summed E-state index contributed by atoms with van der Waals surface area (Å²) in [6.45, 7) is 7.59. The molecule has 29 heavy (non-hydrogen) atoms. The van der Waals surface area contributed by atoms with Gasteiger partial charge in [0.1, 0.15) is 0 Å². The molecule has 0 aromatic heterocycles. The summed E-state index contributed by atoms with van der Waals surface area (Å²) in [5, 5.41) is 0. The molecule has 0 aliphatic carbocycles. The Morgan fingerprint density at radius 1 is 0.448 bits per heavy atom. The molecule has 0 N–H and O–H groups in total. The van der Waals surface area contributed by atoms with Crippen molar-refractivity contribution >= 4 is 11.9 Å². The van der Waals surface area contributed by atoms with Crippen molar-refractivity contribution in [2.24, 2.45) is 0 Å². The molecule has 4 heteroatoms. The van der Waals surface area contributed by atoms with Crippen molar-refractivity contribution in [3.05, 3.63) is 0 Å². The Morgan fingerprint density at radius 3 is 0.862 bits per heavy atom. The van der Waals surface area contributed by atoms with Gasteiger partial charge < -0.3 is 9.47 Å². The fraction of sp³-hybridized carbons (Fsp3) is 0.920. The van der Waals surface area contributed by atoms with Gasteiger partial charge in [0.25, 0.3) is 0 Å². The first-order valence-electron chi connectivity index (χ1n) is 12.3. The van der Waals surface area contributed by atoms with Crippen LogP contribution in [-0.4, -0.2) is 24.1 Å². The molecular formula is C25H48O4. The van der Waals surface area contributed by atoms with Crippen LogP contribution in [0.3, 0.4) is 0 Å². The van der Waals surface area contributed by atoms with Crippen LogP contribution in [0, 0.1) is 0 Å². The van der Waals surface area contributed by atoms with Crippen LogP contribution in [0.15, 0.2) is 0 Å². The van der Waals surface area contributed by atoms with Crippen molar-refractivity contribution in [2.75, 3.05) is 0 Å². The molecule has 172 valence electrons. The van der Waals surface area contributed by atoms with E-state index in [1.807, 2.05) is 27.7 Å². The Bertz CT molecular complexity index is 354. The Hall–Kier alpha value is -1.06. The molecule has 0 aliphatic rings. The van der Waals surface area contributed by atoms with E-state index in [0.717, 1.165) is 25.7 Å². The third-order valence-corrected chi connectivity index (χ3v) is 5.00. The molecule has 0 amide bonds. The minimum atomic E-state index is -0.0497. The zero-order chi connectivity index (χ0) is 21.7. The average Bonchev–Trinajstić information content (AvgIpc) is 2.63. The zero-order valence-corrected chi connectivity index (χ0v) is 19.8. The van der Waals surface area contributed by atoms with Gasteiger partial charge in [0, 0.05) is 12.8 Å². The summed E-state index contributed by atoms with van der Waals surface area (Å²) in [6, 6.07) is 0. The number of rotatable bonds is 20. The summed E-state index contributed by atoms with van der Waals surface area (Å²) in [4.78, 5) is 22.8. The molecule has 0 rings (SSSR count). The molecular weight excluding hydrogens is 364 g/mol. The Morgan fingerprint density at radius 2 is 0.655 bits per heavy atom. The lowest BCUT2D eigenvalue weighted by Gasteiger charge is -2.07. The standard InChI is InChI=1S/C25H48O4/c1-22(2)28-24(26)20-18-16-14-12-10-8-6-5-7-9-11-13-15-17-19-21-25(27)29-23(3)4/h22-23H,5-21H2,1-4H3. The number of unbranched alkanes of at least 4 members (excludes halogenated alkanes) is 14. The molecule has 0 radical (unpaired) electrons. The fourth-order valence-electron chi connectivity index (χ4n) is 3.48. The summed E-state index contributed by atoms with van der Waals surface area (Å²) in [5.41, 5.74) is 0. The molecule has 0 heterocycles. The van der Waals surface area contributed by atoms with Gasteiger partial charge in [-0.3, -0.25) is 9.59 Å². The quantitative estimate of drug-likeness (QED) is 0.153. The summed E-state index contributed by atoms with van der Waals surface area (Å²) in [6.07, 6.45) is 19.9. The highest BCUT2D eigenvalue weighted by Gasteiger charge is 2.05. The van der Waals surface area contributed by atoms with E-state index in [9.17, 15) is 9.59 Å². The number of ether oxygens (including phenoxy) is 2. The second kappa shape index (κ2) is 20.2. The van der Waals surface area contributed by atoms with Crippen molar-refractivity contribution in [3.63, 3.8) is 0 Å². The lowest BCUT2D eigenvalue weighted by atomic mass is 10.0. The summed E-state index contributed by atoms with van der Waals surface area (Å²) in [7, 11) is 0. The number of esters is 2. The average molecular weight is 413 g/mol. The van der Waals surface area contributed by atoms with Crippen LogP contribution in [0.25, 0.3) is 0 Å². The Kier molecular flexibility index (Phi) is 19.5. The summed E-state index contributed by atoms with van der Waals surface area (Å²) >= 11 is 0. The second-order valence-electron chi connectivity index (χ2n) is 8.88. The number of carbonyl (C=O) groups is 2. The molecule has 0 atom stereocenters. The van der Waals surface area contributed by atoms with Gasteiger partial charge >= 0.3 is 11.9 Å². The maximum absolute atomic E-state index is 11.4. The van der Waals surface area contributed by atoms with E-state index in [1.165, 1.54) is 70.6 Å². The Balaban J connectivity index is 3.15. The topological polar surface area (TPSA) is 52.6 Å². The molecule has 0 aromatic carbocycles. The molecule has 0 aliphatic heterocycles. The molecule has 0 bridgehead atoms. The van der Waals surface area contributed by atoms with Crippen LogP contribution in [0.2, 0.25) is 0 Å². The zero-order valence-electron chi connectivity index (χ0n) is 19.8. The maximum Gasteiger partial charge on any atom is 0.306 e. The van der Waals surface area contributed by atoms with Gasteiger partial charge in [0.05, 0.1) is 12.2 Å². The normalized spacial score (nSPS) is 11.2. The minimum Gasteiger partial charge on any atom is -0.463 e. The molecule has 0 spiro atoms. The highest BCUT2D eigenvalue weighted by molar-refractivity contribution is 5.69. The van der Waals surface area contributed by atoms with Crippen LogP contribution in [-0.2, 0) is 19.1 Å². The van der Waals surface area contributed by atoms with E-state index in [4.69, 9.17) is 9.47 Å². The lowest BCUT2D eigenvalue weighted by Crippen LogP contribution is -2.10. The minimum absolute atomic E-state index is 0.00870. The fourth-order valence-corrected chi connectivity index (χ4v) is 3.48. The first-order chi connectivity index (χ1) is 13.9. The summed E-state index contributed by atoms with van der Waals surface area (Å²) < 4.78 is 10.3. The van der Waals surface area contributed by atoms with Crippen molar-refractivity contribution < 1.29 is 19.1 Å². The first-order valence-corrected chi connectivity index (χ1v) is 12.3. The van der Waals surface area contributed by atoms with Crippen LogP contribution < -0.4 is 0 Å². The van der Waals surface area contributed by atoms with Crippen molar-refractivity contribution in [1.82, 2.24) is 0 Å². The predicted molar refractivity (Wildman–Crippen MR) is 121 cm³/mol. The number of hydrogen-bond acceptors (Lipinski definition) is 4. The van der Waals surface area contributed by atoms with E-state index < -0.39 is 0 Å². The van der Waals surface area contributed by atoms with Crippen molar-refractivity contribution in [2.45, 2.75) is 149 Å². The van der Waals surface area contributed by atoms with Crippen LogP contribution >= 0.6 is 0 Å². The smallest absolute Gasteiger partial charge is 0.306 e. The van der Waals surface area contributed by atoms with Crippen molar-refractivity contribution in [1.29, 1.82) is 0 Å². The molecule has 0 aromatic rings. The molecule has 0 saturated carbocycles.